The Morgan fingerprint density at radius 1 is 0.893 bits per heavy atom. The first-order chi connectivity index (χ1) is 13.6. The van der Waals surface area contributed by atoms with Gasteiger partial charge in [-0.05, 0) is 29.3 Å². The third-order valence-electron chi connectivity index (χ3n) is 4.80. The molecular weight excluding hydrogens is 375 g/mol. The van der Waals surface area contributed by atoms with Crippen LogP contribution in [-0.2, 0) is 10.0 Å². The van der Waals surface area contributed by atoms with Gasteiger partial charge in [-0.25, -0.2) is 17.5 Å². The van der Waals surface area contributed by atoms with Gasteiger partial charge in [0, 0.05) is 29.6 Å². The molecule has 4 aromatic rings. The fourth-order valence-corrected chi connectivity index (χ4v) is 4.53. The summed E-state index contributed by atoms with van der Waals surface area (Å²) in [6.07, 6.45) is 1.90. The van der Waals surface area contributed by atoms with E-state index in [2.05, 4.69) is 9.71 Å². The molecule has 28 heavy (non-hydrogen) atoms. The maximum Gasteiger partial charge on any atom is 0.243 e. The molecule has 0 amide bonds. The number of benzene rings is 3. The van der Waals surface area contributed by atoms with E-state index in [0.29, 0.717) is 0 Å². The minimum atomic E-state index is -3.97. The van der Waals surface area contributed by atoms with E-state index in [1.54, 1.807) is 0 Å². The zero-order chi connectivity index (χ0) is 19.6. The molecule has 3 aromatic carbocycles. The molecule has 4 nitrogen and oxygen atoms in total. The predicted octanol–water partition coefficient (Wildman–Crippen LogP) is 4.42. The highest BCUT2D eigenvalue weighted by molar-refractivity contribution is 7.89. The van der Waals surface area contributed by atoms with E-state index in [-0.39, 0.29) is 17.4 Å². The van der Waals surface area contributed by atoms with Crippen molar-refractivity contribution in [1.29, 1.82) is 0 Å². The van der Waals surface area contributed by atoms with Crippen LogP contribution >= 0.6 is 0 Å². The van der Waals surface area contributed by atoms with Crippen LogP contribution in [0, 0.1) is 5.82 Å². The first kappa shape index (κ1) is 18.4. The summed E-state index contributed by atoms with van der Waals surface area (Å²) >= 11 is 0. The second kappa shape index (κ2) is 7.58. The summed E-state index contributed by atoms with van der Waals surface area (Å²) in [4.78, 5) is 2.89. The summed E-state index contributed by atoms with van der Waals surface area (Å²) in [6, 6.07) is 22.9. The molecule has 0 aliphatic heterocycles. The van der Waals surface area contributed by atoms with E-state index < -0.39 is 15.8 Å². The molecule has 0 aliphatic carbocycles. The number of rotatable bonds is 6. The molecule has 6 heteroatoms. The van der Waals surface area contributed by atoms with Gasteiger partial charge in [0.1, 0.15) is 10.7 Å². The van der Waals surface area contributed by atoms with Gasteiger partial charge in [0.25, 0.3) is 0 Å². The van der Waals surface area contributed by atoms with E-state index in [0.717, 1.165) is 28.1 Å². The Bertz CT molecular complexity index is 1200. The van der Waals surface area contributed by atoms with Crippen LogP contribution in [0.2, 0.25) is 0 Å². The van der Waals surface area contributed by atoms with Gasteiger partial charge in [-0.2, -0.15) is 0 Å². The number of hydrogen-bond acceptors (Lipinski definition) is 2. The molecule has 0 fully saturated rings. The quantitative estimate of drug-likeness (QED) is 0.509. The molecule has 2 N–H and O–H groups in total. The van der Waals surface area contributed by atoms with Crippen molar-refractivity contribution in [2.24, 2.45) is 0 Å². The highest BCUT2D eigenvalue weighted by Crippen LogP contribution is 2.30. The second-order valence-electron chi connectivity index (χ2n) is 6.54. The van der Waals surface area contributed by atoms with Crippen molar-refractivity contribution in [2.45, 2.75) is 10.8 Å². The summed E-state index contributed by atoms with van der Waals surface area (Å²) < 4.78 is 41.9. The van der Waals surface area contributed by atoms with Crippen molar-refractivity contribution in [3.05, 3.63) is 102 Å². The maximum atomic E-state index is 14.0. The zero-order valence-electron chi connectivity index (χ0n) is 15.0. The smallest absolute Gasteiger partial charge is 0.243 e. The van der Waals surface area contributed by atoms with E-state index in [1.165, 1.54) is 18.2 Å². The fraction of sp³-hybridized carbons (Fsp3) is 0.0909. The van der Waals surface area contributed by atoms with E-state index in [4.69, 9.17) is 0 Å². The molecule has 0 saturated carbocycles. The maximum absolute atomic E-state index is 14.0. The number of nitrogens with one attached hydrogen (secondary N) is 2. The van der Waals surface area contributed by atoms with Crippen molar-refractivity contribution >= 4 is 20.9 Å². The monoisotopic (exact) mass is 394 g/mol. The average molecular weight is 394 g/mol. The largest absolute Gasteiger partial charge is 0.361 e. The molecule has 1 aromatic heterocycles. The van der Waals surface area contributed by atoms with Gasteiger partial charge >= 0.3 is 0 Å². The van der Waals surface area contributed by atoms with E-state index in [1.807, 2.05) is 60.8 Å². The number of aromatic amines is 1. The molecular formula is C22H19FN2O2S. The first-order valence-electron chi connectivity index (χ1n) is 8.91. The highest BCUT2D eigenvalue weighted by atomic mass is 32.2. The molecule has 142 valence electrons. The minimum absolute atomic E-state index is 0.114. The summed E-state index contributed by atoms with van der Waals surface area (Å²) in [5, 5.41) is 1.03. The number of fused-ring (bicyclic) bond motifs is 1. The molecule has 0 radical (unpaired) electrons. The fourth-order valence-electron chi connectivity index (χ4n) is 3.41. The molecule has 0 bridgehead atoms. The third kappa shape index (κ3) is 3.56. The van der Waals surface area contributed by atoms with Gasteiger partial charge in [-0.1, -0.05) is 60.7 Å². The molecule has 0 saturated heterocycles. The summed E-state index contributed by atoms with van der Waals surface area (Å²) in [5.41, 5.74) is 2.94. The van der Waals surface area contributed by atoms with Gasteiger partial charge in [0.05, 0.1) is 0 Å². The van der Waals surface area contributed by atoms with Gasteiger partial charge in [0.2, 0.25) is 10.0 Å². The van der Waals surface area contributed by atoms with E-state index in [9.17, 15) is 12.8 Å². The normalized spacial score (nSPS) is 12.9. The SMILES string of the molecule is O=S(=O)(NC[C@H](c1ccccc1)c1c[nH]c2ccccc12)c1ccccc1F. The number of para-hydroxylation sites is 1. The molecule has 0 aliphatic rings. The molecule has 1 heterocycles. The lowest BCUT2D eigenvalue weighted by molar-refractivity contribution is 0.554. The Morgan fingerprint density at radius 3 is 2.36 bits per heavy atom. The molecule has 0 unspecified atom stereocenters. The standard InChI is InChI=1S/C22H19FN2O2S/c23-20-11-5-7-13-22(20)28(26,27)25-15-18(16-8-2-1-3-9-16)19-14-24-21-12-6-4-10-17(19)21/h1-14,18,24-25H,15H2/t18-/m1/s1. The molecule has 1 atom stereocenters. The number of sulfonamides is 1. The first-order valence-corrected chi connectivity index (χ1v) is 10.4. The van der Waals surface area contributed by atoms with Crippen molar-refractivity contribution in [3.63, 3.8) is 0 Å². The lowest BCUT2D eigenvalue weighted by Gasteiger charge is -2.18. The van der Waals surface area contributed by atoms with Gasteiger partial charge in [0.15, 0.2) is 0 Å². The Morgan fingerprint density at radius 2 is 1.57 bits per heavy atom. The Balaban J connectivity index is 1.71. The lowest BCUT2D eigenvalue weighted by Crippen LogP contribution is -2.29. The summed E-state index contributed by atoms with van der Waals surface area (Å²) in [5.74, 6) is -0.989. The van der Waals surface area contributed by atoms with Crippen molar-refractivity contribution < 1.29 is 12.8 Å². The van der Waals surface area contributed by atoms with Gasteiger partial charge < -0.3 is 4.98 Å². The van der Waals surface area contributed by atoms with Crippen LogP contribution in [0.3, 0.4) is 0 Å². The highest BCUT2D eigenvalue weighted by Gasteiger charge is 2.23. The van der Waals surface area contributed by atoms with Crippen molar-refractivity contribution in [2.75, 3.05) is 6.54 Å². The van der Waals surface area contributed by atoms with Crippen molar-refractivity contribution in [1.82, 2.24) is 9.71 Å². The predicted molar refractivity (Wildman–Crippen MR) is 108 cm³/mol. The van der Waals surface area contributed by atoms with Gasteiger partial charge in [-0.3, -0.25) is 0 Å². The van der Waals surface area contributed by atoms with Crippen LogP contribution in [-0.4, -0.2) is 19.9 Å². The number of aromatic nitrogens is 1. The van der Waals surface area contributed by atoms with Crippen LogP contribution in [0.5, 0.6) is 0 Å². The van der Waals surface area contributed by atoms with Crippen molar-refractivity contribution in [3.8, 4) is 0 Å². The van der Waals surface area contributed by atoms with Crippen LogP contribution in [0.1, 0.15) is 17.0 Å². The second-order valence-corrected chi connectivity index (χ2v) is 8.27. The lowest BCUT2D eigenvalue weighted by atomic mass is 9.91. The Kier molecular flexibility index (Phi) is 4.98. The van der Waals surface area contributed by atoms with Crippen LogP contribution < -0.4 is 4.72 Å². The minimum Gasteiger partial charge on any atom is -0.361 e. The van der Waals surface area contributed by atoms with Gasteiger partial charge in [-0.15, -0.1) is 0 Å². The molecule has 0 spiro atoms. The summed E-state index contributed by atoms with van der Waals surface area (Å²) in [7, 11) is -3.97. The van der Waals surface area contributed by atoms with Crippen LogP contribution in [0.4, 0.5) is 4.39 Å². The Labute approximate surface area is 163 Å². The van der Waals surface area contributed by atoms with E-state index >= 15 is 0 Å². The third-order valence-corrected chi connectivity index (χ3v) is 6.26. The zero-order valence-corrected chi connectivity index (χ0v) is 15.8. The summed E-state index contributed by atoms with van der Waals surface area (Å²) in [6.45, 7) is 0.114. The number of halogens is 1. The number of H-pyrrole nitrogens is 1. The van der Waals surface area contributed by atoms with Crippen LogP contribution in [0.15, 0.2) is 90.0 Å². The number of hydrogen-bond donors (Lipinski definition) is 2. The van der Waals surface area contributed by atoms with Crippen LogP contribution in [0.25, 0.3) is 10.9 Å². The topological polar surface area (TPSA) is 62.0 Å². The Hall–Kier alpha value is -2.96. The molecule has 4 rings (SSSR count). The average Bonchev–Trinajstić information content (AvgIpc) is 3.13.